The molecule has 0 amide bonds. The van der Waals surface area contributed by atoms with Gasteiger partial charge in [-0.1, -0.05) is 56.2 Å². The first-order valence-electron chi connectivity index (χ1n) is 13.9. The van der Waals surface area contributed by atoms with E-state index in [0.29, 0.717) is 37.3 Å². The van der Waals surface area contributed by atoms with Crippen molar-refractivity contribution in [3.63, 3.8) is 0 Å². The van der Waals surface area contributed by atoms with Crippen molar-refractivity contribution in [1.29, 1.82) is 0 Å². The molecule has 2 aliphatic heterocycles. The molecule has 0 bridgehead atoms. The molecule has 10 nitrogen and oxygen atoms in total. The van der Waals surface area contributed by atoms with E-state index < -0.39 is 31.9 Å². The van der Waals surface area contributed by atoms with Crippen molar-refractivity contribution in [3.8, 4) is 0 Å². The molecule has 2 heterocycles. The number of allylic oxidation sites excluding steroid dienone is 3. The number of fused-ring (bicyclic) bond motifs is 2. The molecule has 0 spiro atoms. The van der Waals surface area contributed by atoms with Gasteiger partial charge in [0.25, 0.3) is 0 Å². The lowest BCUT2D eigenvalue weighted by molar-refractivity contribution is 0.222. The van der Waals surface area contributed by atoms with Crippen LogP contribution in [0, 0.1) is 35.5 Å². The number of sulfonamides is 2. The van der Waals surface area contributed by atoms with E-state index in [-0.39, 0.29) is 44.9 Å². The molecule has 1 aromatic carbocycles. The third-order valence-electron chi connectivity index (χ3n) is 8.53. The van der Waals surface area contributed by atoms with Crippen molar-refractivity contribution in [2.75, 3.05) is 26.2 Å². The molecule has 0 saturated carbocycles. The predicted octanol–water partition coefficient (Wildman–Crippen LogP) is 3.72. The highest BCUT2D eigenvalue weighted by Crippen LogP contribution is 2.40. The van der Waals surface area contributed by atoms with E-state index in [9.17, 15) is 27.3 Å². The Hall–Kier alpha value is -2.54. The van der Waals surface area contributed by atoms with Crippen LogP contribution < -0.4 is 0 Å². The highest BCUT2D eigenvalue weighted by Gasteiger charge is 2.42. The summed E-state index contributed by atoms with van der Waals surface area (Å²) in [5.41, 5.74) is 1.10. The molecular formula is C28H38N4O6S2. The topological polar surface area (TPSA) is 140 Å². The zero-order valence-electron chi connectivity index (χ0n) is 23.3. The maximum atomic E-state index is 13.7. The van der Waals surface area contributed by atoms with Gasteiger partial charge in [0.1, 0.15) is 0 Å². The smallest absolute Gasteiger partial charge is 0.243 e. The Balaban J connectivity index is 1.55. The highest BCUT2D eigenvalue weighted by atomic mass is 32.2. The number of nitrogens with zero attached hydrogens (tertiary/aromatic N) is 4. The molecule has 0 aromatic heterocycles. The summed E-state index contributed by atoms with van der Waals surface area (Å²) in [5.74, 6) is -0.446. The van der Waals surface area contributed by atoms with E-state index in [1.54, 1.807) is 12.1 Å². The number of oxime groups is 2. The summed E-state index contributed by atoms with van der Waals surface area (Å²) < 4.78 is 57.6. The second-order valence-corrected chi connectivity index (χ2v) is 16.1. The average molecular weight is 591 g/mol. The Morgan fingerprint density at radius 3 is 1.75 bits per heavy atom. The van der Waals surface area contributed by atoms with Crippen molar-refractivity contribution in [1.82, 2.24) is 8.61 Å². The molecule has 2 N–H and O–H groups in total. The second-order valence-electron chi connectivity index (χ2n) is 12.2. The lowest BCUT2D eigenvalue weighted by Gasteiger charge is -2.37. The Labute approximate surface area is 236 Å². The van der Waals surface area contributed by atoms with Gasteiger partial charge in [0.2, 0.25) is 20.0 Å². The minimum Gasteiger partial charge on any atom is -0.411 e. The van der Waals surface area contributed by atoms with Gasteiger partial charge in [0, 0.05) is 49.1 Å². The zero-order valence-corrected chi connectivity index (χ0v) is 24.9. The normalized spacial score (nSPS) is 34.0. The number of hydrogen-bond donors (Lipinski definition) is 2. The van der Waals surface area contributed by atoms with Crippen LogP contribution in [0.25, 0.3) is 0 Å². The molecule has 4 aliphatic rings. The summed E-state index contributed by atoms with van der Waals surface area (Å²) >= 11 is 0. The van der Waals surface area contributed by atoms with E-state index in [4.69, 9.17) is 0 Å². The maximum absolute atomic E-state index is 13.7. The molecule has 0 radical (unpaired) electrons. The quantitative estimate of drug-likeness (QED) is 0.405. The lowest BCUT2D eigenvalue weighted by Crippen LogP contribution is -2.44. The summed E-state index contributed by atoms with van der Waals surface area (Å²) in [7, 11) is -7.67. The van der Waals surface area contributed by atoms with E-state index in [0.717, 1.165) is 12.8 Å². The zero-order chi connectivity index (χ0) is 29.0. The summed E-state index contributed by atoms with van der Waals surface area (Å²) in [4.78, 5) is 0.126. The number of benzene rings is 1. The van der Waals surface area contributed by atoms with Crippen LogP contribution in [0.15, 0.2) is 56.5 Å². The minimum atomic E-state index is -3.84. The number of rotatable bonds is 4. The molecule has 5 rings (SSSR count). The van der Waals surface area contributed by atoms with Crippen molar-refractivity contribution < 1.29 is 27.3 Å². The Morgan fingerprint density at radius 1 is 0.725 bits per heavy atom. The number of hydrogen-bond acceptors (Lipinski definition) is 8. The summed E-state index contributed by atoms with van der Waals surface area (Å²) in [5, 5.41) is 27.2. The molecule has 2 saturated heterocycles. The van der Waals surface area contributed by atoms with Gasteiger partial charge in [0.15, 0.2) is 0 Å². The van der Waals surface area contributed by atoms with Crippen LogP contribution in [0.3, 0.4) is 0 Å². The van der Waals surface area contributed by atoms with Gasteiger partial charge < -0.3 is 10.4 Å². The van der Waals surface area contributed by atoms with Crippen LogP contribution in [0.4, 0.5) is 0 Å². The van der Waals surface area contributed by atoms with Gasteiger partial charge in [-0.25, -0.2) is 16.8 Å². The fourth-order valence-electron chi connectivity index (χ4n) is 6.96. The van der Waals surface area contributed by atoms with Gasteiger partial charge in [-0.05, 0) is 54.7 Å². The van der Waals surface area contributed by atoms with E-state index >= 15 is 0 Å². The molecule has 218 valence electrons. The summed E-state index contributed by atoms with van der Waals surface area (Å²) in [6, 6.07) is 4.49. The highest BCUT2D eigenvalue weighted by molar-refractivity contribution is 7.93. The third kappa shape index (κ3) is 5.03. The molecule has 6 unspecified atom stereocenters. The van der Waals surface area contributed by atoms with Crippen molar-refractivity contribution in [3.05, 3.63) is 52.5 Å². The van der Waals surface area contributed by atoms with E-state index in [1.165, 1.54) is 32.9 Å². The van der Waals surface area contributed by atoms with E-state index in [1.807, 2.05) is 27.7 Å². The molecule has 2 fully saturated rings. The first-order chi connectivity index (χ1) is 18.9. The Bertz CT molecular complexity index is 1490. The molecule has 40 heavy (non-hydrogen) atoms. The first kappa shape index (κ1) is 29.0. The van der Waals surface area contributed by atoms with E-state index in [2.05, 4.69) is 10.3 Å². The van der Waals surface area contributed by atoms with Crippen LogP contribution in [0.2, 0.25) is 0 Å². The van der Waals surface area contributed by atoms with Crippen LogP contribution in [-0.4, -0.2) is 73.5 Å². The monoisotopic (exact) mass is 590 g/mol. The first-order valence-corrected chi connectivity index (χ1v) is 16.7. The van der Waals surface area contributed by atoms with Gasteiger partial charge in [0.05, 0.1) is 21.2 Å². The van der Waals surface area contributed by atoms with Gasteiger partial charge in [-0.3, -0.25) is 0 Å². The molecule has 6 atom stereocenters. The van der Waals surface area contributed by atoms with Crippen molar-refractivity contribution >= 4 is 31.5 Å². The van der Waals surface area contributed by atoms with Crippen LogP contribution in [0.1, 0.15) is 51.7 Å². The summed E-state index contributed by atoms with van der Waals surface area (Å²) in [6.07, 6.45) is 6.61. The van der Waals surface area contributed by atoms with Crippen LogP contribution in [0.5, 0.6) is 0 Å². The Morgan fingerprint density at radius 2 is 1.23 bits per heavy atom. The third-order valence-corrected chi connectivity index (χ3v) is 12.2. The molecule has 1 aromatic rings. The maximum Gasteiger partial charge on any atom is 0.243 e. The lowest BCUT2D eigenvalue weighted by atomic mass is 9.71. The standard InChI is InChI=1S/C28H38N4O6S2/c1-17-9-18(2)14-31(13-17)39(35,36)21-5-7-23-25(11-21)28(30-34)26-12-22(6-8-24(26)27(23)29-33)40(37,38)32-15-19(3)10-20(4)16-32/h5-8,11-12,17-20,23,25,33-34H,9-10,13-16H2,1-4H3/b29-27+,30-28+. The van der Waals surface area contributed by atoms with Gasteiger partial charge in [-0.15, -0.1) is 0 Å². The fraction of sp³-hybridized carbons (Fsp3) is 0.571. The molecule has 12 heteroatoms. The molecule has 2 aliphatic carbocycles. The van der Waals surface area contributed by atoms with Crippen LogP contribution >= 0.6 is 0 Å². The van der Waals surface area contributed by atoms with Crippen molar-refractivity contribution in [2.45, 2.75) is 45.4 Å². The SMILES string of the molecule is CC1CC(C)CN(S(=O)(=O)C2=CC3/C(=N\O)c4cc(S(=O)(=O)N5CC(C)CC(C)C5)ccc4/C(=N/O)C3C=C2)C1. The van der Waals surface area contributed by atoms with Gasteiger partial charge >= 0.3 is 0 Å². The second kappa shape index (κ2) is 10.7. The predicted molar refractivity (Wildman–Crippen MR) is 152 cm³/mol. The average Bonchev–Trinajstić information content (AvgIpc) is 2.89. The molecular weight excluding hydrogens is 552 g/mol. The number of piperidine rings is 2. The van der Waals surface area contributed by atoms with Crippen LogP contribution in [-0.2, 0) is 20.0 Å². The summed E-state index contributed by atoms with van der Waals surface area (Å²) in [6.45, 7) is 9.82. The van der Waals surface area contributed by atoms with Crippen molar-refractivity contribution in [2.24, 2.45) is 45.8 Å². The minimum absolute atomic E-state index is 0.0453. The Kier molecular flexibility index (Phi) is 7.75. The fourth-order valence-corrected chi connectivity index (χ4v) is 10.4. The largest absolute Gasteiger partial charge is 0.411 e. The van der Waals surface area contributed by atoms with Gasteiger partial charge in [-0.2, -0.15) is 8.61 Å².